The molecule has 4 fully saturated rings. The molecular weight excluding hydrogens is 464 g/mol. The highest BCUT2D eigenvalue weighted by molar-refractivity contribution is 8.02. The zero-order valence-electron chi connectivity index (χ0n) is 21.1. The summed E-state index contributed by atoms with van der Waals surface area (Å²) in [7, 11) is 0. The van der Waals surface area contributed by atoms with Crippen molar-refractivity contribution in [3.8, 4) is 0 Å². The average Bonchev–Trinajstić information content (AvgIpc) is 3.49. The Morgan fingerprint density at radius 3 is 2.54 bits per heavy atom. The third-order valence-corrected chi connectivity index (χ3v) is 10.5. The van der Waals surface area contributed by atoms with Crippen molar-refractivity contribution >= 4 is 29.5 Å². The van der Waals surface area contributed by atoms with Gasteiger partial charge in [-0.3, -0.25) is 14.4 Å². The molecular formula is C27H40N2O5S. The summed E-state index contributed by atoms with van der Waals surface area (Å²) >= 11 is 1.64. The van der Waals surface area contributed by atoms with Gasteiger partial charge in [0.25, 0.3) is 0 Å². The van der Waals surface area contributed by atoms with Crippen molar-refractivity contribution in [2.45, 2.75) is 86.9 Å². The van der Waals surface area contributed by atoms with Crippen molar-refractivity contribution in [2.24, 2.45) is 17.8 Å². The van der Waals surface area contributed by atoms with Gasteiger partial charge in [0.05, 0.1) is 29.2 Å². The number of aliphatic hydroxyl groups is 1. The fourth-order valence-corrected chi connectivity index (χ4v) is 9.15. The van der Waals surface area contributed by atoms with Gasteiger partial charge in [-0.25, -0.2) is 0 Å². The lowest BCUT2D eigenvalue weighted by molar-refractivity contribution is -0.154. The quantitative estimate of drug-likeness (QED) is 0.363. The van der Waals surface area contributed by atoms with Crippen molar-refractivity contribution in [1.82, 2.24) is 9.80 Å². The van der Waals surface area contributed by atoms with Crippen molar-refractivity contribution in [3.63, 3.8) is 0 Å². The summed E-state index contributed by atoms with van der Waals surface area (Å²) in [5.74, 6) is -1.84. The number of hydrogen-bond acceptors (Lipinski definition) is 6. The zero-order valence-corrected chi connectivity index (χ0v) is 21.9. The van der Waals surface area contributed by atoms with Crippen LogP contribution in [0.25, 0.3) is 0 Å². The van der Waals surface area contributed by atoms with Crippen LogP contribution in [0.2, 0.25) is 0 Å². The van der Waals surface area contributed by atoms with E-state index in [0.29, 0.717) is 13.0 Å². The fraction of sp³-hybridized carbons (Fsp3) is 0.741. The van der Waals surface area contributed by atoms with Crippen molar-refractivity contribution in [2.75, 3.05) is 19.8 Å². The Morgan fingerprint density at radius 1 is 1.23 bits per heavy atom. The third-order valence-electron chi connectivity index (χ3n) is 8.53. The van der Waals surface area contributed by atoms with Crippen LogP contribution < -0.4 is 0 Å². The highest BCUT2D eigenvalue weighted by Crippen LogP contribution is 2.67. The first kappa shape index (κ1) is 26.3. The largest absolute Gasteiger partial charge is 0.461 e. The highest BCUT2D eigenvalue weighted by atomic mass is 32.2. The maximum Gasteiger partial charge on any atom is 0.311 e. The van der Waals surface area contributed by atoms with Gasteiger partial charge in [-0.1, -0.05) is 51.8 Å². The van der Waals surface area contributed by atoms with Crippen LogP contribution in [0.15, 0.2) is 25.3 Å². The number of carbonyl (C=O) groups is 3. The molecule has 2 bridgehead atoms. The molecule has 0 radical (unpaired) electrons. The maximum atomic E-state index is 14.5. The SMILES string of the molecule is C=CCOC(=O)[C@@H]1[C@H]2C(=O)N([C@@H](CO)C(C)C)C(C(=O)N(CC=C)C3CCCCC3)C23CC[C@H]1S3. The molecule has 35 heavy (non-hydrogen) atoms. The van der Waals surface area contributed by atoms with Gasteiger partial charge in [-0.2, -0.15) is 0 Å². The number of nitrogens with zero attached hydrogens (tertiary/aromatic N) is 2. The van der Waals surface area contributed by atoms with E-state index >= 15 is 0 Å². The van der Waals surface area contributed by atoms with Crippen LogP contribution >= 0.6 is 11.8 Å². The number of aliphatic hydroxyl groups excluding tert-OH is 1. The minimum atomic E-state index is -0.700. The normalized spacial score (nSPS) is 33.0. The number of fused-ring (bicyclic) bond motifs is 1. The monoisotopic (exact) mass is 504 g/mol. The Kier molecular flexibility index (Phi) is 8.01. The molecule has 4 rings (SSSR count). The van der Waals surface area contributed by atoms with E-state index in [1.165, 1.54) is 12.5 Å². The first-order chi connectivity index (χ1) is 16.8. The van der Waals surface area contributed by atoms with Gasteiger partial charge >= 0.3 is 5.97 Å². The zero-order chi connectivity index (χ0) is 25.3. The first-order valence-electron chi connectivity index (χ1n) is 13.1. The molecule has 6 atom stereocenters. The van der Waals surface area contributed by atoms with Gasteiger partial charge in [-0.05, 0) is 31.6 Å². The molecule has 0 aromatic heterocycles. The first-order valence-corrected chi connectivity index (χ1v) is 14.0. The minimum absolute atomic E-state index is 0.0344. The molecule has 3 saturated heterocycles. The molecule has 0 aromatic carbocycles. The van der Waals surface area contributed by atoms with Gasteiger partial charge in [0.15, 0.2) is 0 Å². The molecule has 3 aliphatic heterocycles. The lowest BCUT2D eigenvalue weighted by Crippen LogP contribution is -2.60. The lowest BCUT2D eigenvalue weighted by Gasteiger charge is -2.43. The molecule has 194 valence electrons. The standard InChI is InChI=1S/C27H40N2O5S/c1-5-14-28(18-10-8-7-9-11-18)25(32)23-27-13-12-20(35-27)21(26(33)34-15-6-2)22(27)24(31)29(23)19(16-30)17(3)4/h5-6,17-23,30H,1-2,7-16H2,3-4H3/t19-,20+,21-,22-,23?,27?/m0/s1. The summed E-state index contributed by atoms with van der Waals surface area (Å²) in [5.41, 5.74) is 0. The Morgan fingerprint density at radius 2 is 1.94 bits per heavy atom. The Labute approximate surface area is 213 Å². The van der Waals surface area contributed by atoms with Crippen LogP contribution in [0.5, 0.6) is 0 Å². The number of amides is 2. The summed E-state index contributed by atoms with van der Waals surface area (Å²) in [6.45, 7) is 11.8. The lowest BCUT2D eigenvalue weighted by atomic mass is 9.71. The molecule has 3 heterocycles. The van der Waals surface area contributed by atoms with Gasteiger partial charge in [0, 0.05) is 17.8 Å². The Hall–Kier alpha value is -1.80. The second-order valence-corrected chi connectivity index (χ2v) is 12.4. The smallest absolute Gasteiger partial charge is 0.311 e. The van der Waals surface area contributed by atoms with E-state index < -0.39 is 28.7 Å². The summed E-state index contributed by atoms with van der Waals surface area (Å²) in [6, 6.07) is -1.06. The van der Waals surface area contributed by atoms with Crippen molar-refractivity contribution in [3.05, 3.63) is 25.3 Å². The van der Waals surface area contributed by atoms with E-state index in [4.69, 9.17) is 4.74 Å². The summed E-state index contributed by atoms with van der Waals surface area (Å²) < 4.78 is 4.75. The highest BCUT2D eigenvalue weighted by Gasteiger charge is 2.75. The van der Waals surface area contributed by atoms with E-state index in [-0.39, 0.29) is 48.2 Å². The summed E-state index contributed by atoms with van der Waals surface area (Å²) in [4.78, 5) is 45.3. The molecule has 0 aromatic rings. The van der Waals surface area contributed by atoms with Crippen LogP contribution in [-0.4, -0.2) is 80.6 Å². The number of likely N-dealkylation sites (tertiary alicyclic amines) is 1. The summed E-state index contributed by atoms with van der Waals surface area (Å²) in [5, 5.41) is 10.3. The molecule has 1 N–H and O–H groups in total. The molecule has 2 unspecified atom stereocenters. The van der Waals surface area contributed by atoms with Gasteiger partial charge < -0.3 is 19.6 Å². The number of carbonyl (C=O) groups excluding carboxylic acids is 3. The van der Waals surface area contributed by atoms with Gasteiger partial charge in [0.1, 0.15) is 12.6 Å². The van der Waals surface area contributed by atoms with Crippen LogP contribution in [0.1, 0.15) is 58.8 Å². The number of thioether (sulfide) groups is 1. The van der Waals surface area contributed by atoms with Crippen LogP contribution in [0.3, 0.4) is 0 Å². The van der Waals surface area contributed by atoms with E-state index in [1.807, 2.05) is 18.7 Å². The summed E-state index contributed by atoms with van der Waals surface area (Å²) in [6.07, 6.45) is 10.0. The van der Waals surface area contributed by atoms with Crippen LogP contribution in [0.4, 0.5) is 0 Å². The topological polar surface area (TPSA) is 87.1 Å². The predicted molar refractivity (Wildman–Crippen MR) is 137 cm³/mol. The predicted octanol–water partition coefficient (Wildman–Crippen LogP) is 3.17. The number of hydrogen-bond donors (Lipinski definition) is 1. The number of esters is 1. The fourth-order valence-electron chi connectivity index (χ4n) is 6.96. The molecule has 8 heteroatoms. The molecule has 1 spiro atoms. The maximum absolute atomic E-state index is 14.5. The van der Waals surface area contributed by atoms with E-state index in [9.17, 15) is 19.5 Å². The number of rotatable bonds is 10. The van der Waals surface area contributed by atoms with Crippen molar-refractivity contribution < 1.29 is 24.2 Å². The van der Waals surface area contributed by atoms with Gasteiger partial charge in [-0.15, -0.1) is 18.3 Å². The average molecular weight is 505 g/mol. The molecule has 7 nitrogen and oxygen atoms in total. The second kappa shape index (κ2) is 10.7. The number of ether oxygens (including phenoxy) is 1. The van der Waals surface area contributed by atoms with Gasteiger partial charge in [0.2, 0.25) is 11.8 Å². The molecule has 1 aliphatic carbocycles. The second-order valence-electron chi connectivity index (χ2n) is 10.8. The minimum Gasteiger partial charge on any atom is -0.461 e. The van der Waals surface area contributed by atoms with E-state index in [2.05, 4.69) is 13.2 Å². The van der Waals surface area contributed by atoms with Crippen molar-refractivity contribution in [1.29, 1.82) is 0 Å². The molecule has 1 saturated carbocycles. The molecule has 2 amide bonds. The Balaban J connectivity index is 1.76. The van der Waals surface area contributed by atoms with E-state index in [0.717, 1.165) is 32.1 Å². The van der Waals surface area contributed by atoms with E-state index in [1.54, 1.807) is 22.7 Å². The molecule has 4 aliphatic rings. The van der Waals surface area contributed by atoms with Crippen LogP contribution in [0, 0.1) is 17.8 Å². The Bertz CT molecular complexity index is 857. The third kappa shape index (κ3) is 4.35. The van der Waals surface area contributed by atoms with Crippen LogP contribution in [-0.2, 0) is 19.1 Å².